The molecule has 4 heteroatoms. The molecule has 0 rings (SSSR count). The Morgan fingerprint density at radius 1 is 0.833 bits per heavy atom. The molecule has 4 nitrogen and oxygen atoms in total. The van der Waals surface area contributed by atoms with Gasteiger partial charge < -0.3 is 20.8 Å². The van der Waals surface area contributed by atoms with Gasteiger partial charge in [0.2, 0.25) is 0 Å². The first-order valence-electron chi connectivity index (χ1n) is 4.46. The van der Waals surface area contributed by atoms with Gasteiger partial charge in [0, 0.05) is 13.1 Å². The van der Waals surface area contributed by atoms with Crippen LogP contribution in [0.4, 0.5) is 0 Å². The van der Waals surface area contributed by atoms with Gasteiger partial charge in [0.15, 0.2) is 0 Å². The summed E-state index contributed by atoms with van der Waals surface area (Å²) >= 11 is 0. The second kappa shape index (κ2) is 17.1. The summed E-state index contributed by atoms with van der Waals surface area (Å²) in [6.07, 6.45) is 0. The lowest BCUT2D eigenvalue weighted by Crippen LogP contribution is -2.21. The van der Waals surface area contributed by atoms with Crippen LogP contribution in [0.5, 0.6) is 0 Å². The van der Waals surface area contributed by atoms with Crippen LogP contribution in [0.25, 0.3) is 0 Å². The number of rotatable bonds is 6. The van der Waals surface area contributed by atoms with E-state index >= 15 is 0 Å². The van der Waals surface area contributed by atoms with Crippen LogP contribution in [0, 0.1) is 0 Å². The minimum Gasteiger partial charge on any atom is -0.395 e. The quantitative estimate of drug-likeness (QED) is 0.401. The third kappa shape index (κ3) is 22.5. The molecule has 0 aromatic carbocycles. The van der Waals surface area contributed by atoms with Gasteiger partial charge in [-0.05, 0) is 13.1 Å². The summed E-state index contributed by atoms with van der Waals surface area (Å²) in [5, 5.41) is 22.2. The minimum atomic E-state index is 0.139. The van der Waals surface area contributed by atoms with Crippen LogP contribution in [-0.4, -0.2) is 49.6 Å². The molecule has 0 unspecified atom stereocenters. The Hall–Kier alpha value is -0.160. The van der Waals surface area contributed by atoms with Crippen LogP contribution in [0.1, 0.15) is 13.8 Å². The smallest absolute Gasteiger partial charge is 0.0555 e. The maximum Gasteiger partial charge on any atom is 0.0555 e. The molecule has 0 bridgehead atoms. The Labute approximate surface area is 75.0 Å². The van der Waals surface area contributed by atoms with Crippen LogP contribution in [0.3, 0.4) is 0 Å². The van der Waals surface area contributed by atoms with Crippen molar-refractivity contribution in [3.63, 3.8) is 0 Å². The summed E-state index contributed by atoms with van der Waals surface area (Å²) in [5.74, 6) is 0. The standard InChI is InChI=1S/C4H11NO2.C4H11N/c6-3-1-5-2-4-7;1-3-5-4-2/h5-7H,1-4H2;5H,3-4H2,1-2H3. The third-order valence-electron chi connectivity index (χ3n) is 1.08. The van der Waals surface area contributed by atoms with E-state index in [1.807, 2.05) is 0 Å². The van der Waals surface area contributed by atoms with Crippen molar-refractivity contribution in [2.45, 2.75) is 13.8 Å². The highest BCUT2D eigenvalue weighted by atomic mass is 16.3. The molecule has 0 aromatic heterocycles. The molecule has 0 aliphatic carbocycles. The van der Waals surface area contributed by atoms with Gasteiger partial charge in [0.25, 0.3) is 0 Å². The first-order valence-corrected chi connectivity index (χ1v) is 4.46. The SMILES string of the molecule is CCNCC.OCCNCCO. The summed E-state index contributed by atoms with van der Waals surface area (Å²) in [6.45, 7) is 7.81. The molecule has 0 amide bonds. The Morgan fingerprint density at radius 2 is 1.25 bits per heavy atom. The average Bonchev–Trinajstić information content (AvgIpc) is 2.08. The fourth-order valence-electron chi connectivity index (χ4n) is 0.533. The van der Waals surface area contributed by atoms with E-state index in [1.165, 1.54) is 0 Å². The summed E-state index contributed by atoms with van der Waals surface area (Å²) in [7, 11) is 0. The molecule has 0 heterocycles. The van der Waals surface area contributed by atoms with Gasteiger partial charge in [-0.2, -0.15) is 0 Å². The minimum absolute atomic E-state index is 0.139. The molecule has 0 atom stereocenters. The van der Waals surface area contributed by atoms with Crippen molar-refractivity contribution in [1.82, 2.24) is 10.6 Å². The van der Waals surface area contributed by atoms with Crippen molar-refractivity contribution in [2.75, 3.05) is 39.4 Å². The molecule has 0 aliphatic heterocycles. The monoisotopic (exact) mass is 178 g/mol. The summed E-state index contributed by atoms with van der Waals surface area (Å²) in [6, 6.07) is 0. The molecule has 0 saturated carbocycles. The van der Waals surface area contributed by atoms with E-state index < -0.39 is 0 Å². The largest absolute Gasteiger partial charge is 0.395 e. The van der Waals surface area contributed by atoms with Crippen LogP contribution in [0.15, 0.2) is 0 Å². The Balaban J connectivity index is 0. The Morgan fingerprint density at radius 3 is 1.42 bits per heavy atom. The number of aliphatic hydroxyl groups excluding tert-OH is 2. The first-order chi connectivity index (χ1) is 5.83. The van der Waals surface area contributed by atoms with Crippen molar-refractivity contribution in [3.8, 4) is 0 Å². The fourth-order valence-corrected chi connectivity index (χ4v) is 0.533. The zero-order chi connectivity index (χ0) is 9.66. The molecule has 0 radical (unpaired) electrons. The lowest BCUT2D eigenvalue weighted by atomic mass is 10.6. The van der Waals surface area contributed by atoms with E-state index in [0.29, 0.717) is 13.1 Å². The maximum absolute atomic E-state index is 8.15. The number of aliphatic hydroxyl groups is 2. The van der Waals surface area contributed by atoms with E-state index in [-0.39, 0.29) is 13.2 Å². The fraction of sp³-hybridized carbons (Fsp3) is 1.00. The van der Waals surface area contributed by atoms with E-state index in [9.17, 15) is 0 Å². The second-order valence-electron chi connectivity index (χ2n) is 2.15. The molecule has 4 N–H and O–H groups in total. The predicted molar refractivity (Wildman–Crippen MR) is 51.3 cm³/mol. The van der Waals surface area contributed by atoms with Crippen LogP contribution in [-0.2, 0) is 0 Å². The molecule has 0 fully saturated rings. The highest BCUT2D eigenvalue weighted by molar-refractivity contribution is 4.39. The summed E-state index contributed by atoms with van der Waals surface area (Å²) in [4.78, 5) is 0. The zero-order valence-corrected chi connectivity index (χ0v) is 8.14. The van der Waals surface area contributed by atoms with Crippen molar-refractivity contribution < 1.29 is 10.2 Å². The molecular weight excluding hydrogens is 156 g/mol. The molecule has 0 saturated heterocycles. The topological polar surface area (TPSA) is 64.5 Å². The summed E-state index contributed by atoms with van der Waals surface area (Å²) in [5.41, 5.74) is 0. The number of nitrogens with one attached hydrogen (secondary N) is 2. The van der Waals surface area contributed by atoms with Gasteiger partial charge >= 0.3 is 0 Å². The highest BCUT2D eigenvalue weighted by Crippen LogP contribution is 1.54. The molecular formula is C8H22N2O2. The van der Waals surface area contributed by atoms with Crippen LogP contribution < -0.4 is 10.6 Å². The zero-order valence-electron chi connectivity index (χ0n) is 8.14. The van der Waals surface area contributed by atoms with Crippen LogP contribution >= 0.6 is 0 Å². The Kier molecular flexibility index (Phi) is 20.4. The second-order valence-corrected chi connectivity index (χ2v) is 2.15. The van der Waals surface area contributed by atoms with E-state index in [0.717, 1.165) is 13.1 Å². The van der Waals surface area contributed by atoms with Crippen LogP contribution in [0.2, 0.25) is 0 Å². The maximum atomic E-state index is 8.15. The first kappa shape index (κ1) is 14.4. The van der Waals surface area contributed by atoms with E-state index in [1.54, 1.807) is 0 Å². The lowest BCUT2D eigenvalue weighted by Gasteiger charge is -1.94. The van der Waals surface area contributed by atoms with E-state index in [2.05, 4.69) is 24.5 Å². The van der Waals surface area contributed by atoms with Gasteiger partial charge in [-0.25, -0.2) is 0 Å². The summed E-state index contributed by atoms with van der Waals surface area (Å²) < 4.78 is 0. The van der Waals surface area contributed by atoms with Crippen molar-refractivity contribution in [2.24, 2.45) is 0 Å². The number of hydrogen-bond donors (Lipinski definition) is 4. The molecule has 76 valence electrons. The molecule has 12 heavy (non-hydrogen) atoms. The van der Waals surface area contributed by atoms with Gasteiger partial charge in [-0.15, -0.1) is 0 Å². The normalized spacial score (nSPS) is 9.00. The highest BCUT2D eigenvalue weighted by Gasteiger charge is 1.78. The molecule has 0 spiro atoms. The average molecular weight is 178 g/mol. The van der Waals surface area contributed by atoms with Crippen molar-refractivity contribution in [3.05, 3.63) is 0 Å². The lowest BCUT2D eigenvalue weighted by molar-refractivity contribution is 0.267. The van der Waals surface area contributed by atoms with Crippen molar-refractivity contribution in [1.29, 1.82) is 0 Å². The van der Waals surface area contributed by atoms with Gasteiger partial charge in [0.1, 0.15) is 0 Å². The van der Waals surface area contributed by atoms with E-state index in [4.69, 9.17) is 10.2 Å². The third-order valence-corrected chi connectivity index (χ3v) is 1.08. The number of hydrogen-bond acceptors (Lipinski definition) is 4. The molecule has 0 aliphatic rings. The van der Waals surface area contributed by atoms with Gasteiger partial charge in [-0.1, -0.05) is 13.8 Å². The predicted octanol–water partition coefficient (Wildman–Crippen LogP) is -0.824. The Bertz CT molecular complexity index is 57.0. The van der Waals surface area contributed by atoms with Gasteiger partial charge in [0.05, 0.1) is 13.2 Å². The van der Waals surface area contributed by atoms with Gasteiger partial charge in [-0.3, -0.25) is 0 Å². The van der Waals surface area contributed by atoms with Crippen molar-refractivity contribution >= 4 is 0 Å². The molecule has 0 aromatic rings.